The third-order valence-corrected chi connectivity index (χ3v) is 7.91. The van der Waals surface area contributed by atoms with Crippen molar-refractivity contribution in [3.63, 3.8) is 0 Å². The molecule has 2 aliphatic rings. The molecule has 10 heteroatoms. The lowest BCUT2D eigenvalue weighted by Gasteiger charge is -2.32. The van der Waals surface area contributed by atoms with Crippen LogP contribution in [-0.4, -0.2) is 79.5 Å². The molecule has 0 aliphatic carbocycles. The highest BCUT2D eigenvalue weighted by atomic mass is 35.5. The first-order valence-corrected chi connectivity index (χ1v) is 14.3. The molecule has 2 heterocycles. The molecule has 218 valence electrons. The van der Waals surface area contributed by atoms with Gasteiger partial charge in [0.15, 0.2) is 0 Å². The number of aryl methyl sites for hydroxylation is 1. The molecule has 1 saturated heterocycles. The number of nitrogens with one attached hydrogen (secondary N) is 2. The van der Waals surface area contributed by atoms with Crippen LogP contribution >= 0.6 is 11.6 Å². The average Bonchev–Trinajstić information content (AvgIpc) is 3.30. The van der Waals surface area contributed by atoms with Gasteiger partial charge in [0, 0.05) is 61.6 Å². The number of likely N-dealkylation sites (N-methyl/N-ethyl adjacent to an activating group) is 2. The average molecular weight is 588 g/mol. The number of amides is 2. The summed E-state index contributed by atoms with van der Waals surface area (Å²) in [5.74, 6) is -1.11. The smallest absolute Gasteiger partial charge is 0.303 e. The number of rotatable bonds is 9. The molecule has 3 aromatic rings. The molecule has 1 fully saturated rings. The Morgan fingerprint density at radius 1 is 1.02 bits per heavy atom. The zero-order valence-electron chi connectivity index (χ0n) is 23.7. The van der Waals surface area contributed by atoms with Gasteiger partial charge in [-0.1, -0.05) is 35.9 Å². The standard InChI is InChI=1S/C32H34ClN5O4/c1-36-14-16-38(17-15-36)20-28(39)37(2)25-10-8-24(9-11-25)34-31(22-5-3-4-21(18-22)6-13-29(40)41)30-26-12-7-23(33)19-27(26)35-32(30)42/h3-5,7-12,18-19,34H,6,13-17,20H2,1-2H3,(H,35,42)(H,40,41). The van der Waals surface area contributed by atoms with Crippen molar-refractivity contribution in [1.82, 2.24) is 9.80 Å². The van der Waals surface area contributed by atoms with E-state index in [1.807, 2.05) is 54.6 Å². The van der Waals surface area contributed by atoms with Crippen molar-refractivity contribution < 1.29 is 19.5 Å². The molecule has 42 heavy (non-hydrogen) atoms. The van der Waals surface area contributed by atoms with Crippen LogP contribution in [0.4, 0.5) is 17.1 Å². The van der Waals surface area contributed by atoms with Gasteiger partial charge in [0.05, 0.1) is 23.5 Å². The van der Waals surface area contributed by atoms with Gasteiger partial charge in [-0.25, -0.2) is 0 Å². The second-order valence-corrected chi connectivity index (χ2v) is 11.1. The highest BCUT2D eigenvalue weighted by Gasteiger charge is 2.29. The Hall–Kier alpha value is -4.18. The normalized spacial score (nSPS) is 16.5. The van der Waals surface area contributed by atoms with Gasteiger partial charge in [0.25, 0.3) is 5.91 Å². The zero-order valence-corrected chi connectivity index (χ0v) is 24.4. The Kier molecular flexibility index (Phi) is 8.91. The van der Waals surface area contributed by atoms with Crippen LogP contribution in [0.2, 0.25) is 5.02 Å². The summed E-state index contributed by atoms with van der Waals surface area (Å²) in [6.07, 6.45) is 0.375. The predicted octanol–water partition coefficient (Wildman–Crippen LogP) is 4.50. The Bertz CT molecular complexity index is 1530. The lowest BCUT2D eigenvalue weighted by atomic mass is 9.97. The number of carboxylic acid groups (broad SMARTS) is 1. The van der Waals surface area contributed by atoms with E-state index in [1.165, 1.54) is 0 Å². The van der Waals surface area contributed by atoms with Crippen molar-refractivity contribution >= 4 is 57.7 Å². The number of hydrogen-bond donors (Lipinski definition) is 3. The number of carbonyl (C=O) groups excluding carboxylic acids is 2. The number of piperazine rings is 1. The number of nitrogens with zero attached hydrogens (tertiary/aromatic N) is 3. The molecular weight excluding hydrogens is 554 g/mol. The van der Waals surface area contributed by atoms with Crippen molar-refractivity contribution in [2.45, 2.75) is 12.8 Å². The number of fused-ring (bicyclic) bond motifs is 1. The summed E-state index contributed by atoms with van der Waals surface area (Å²) in [6, 6.07) is 20.3. The lowest BCUT2D eigenvalue weighted by Crippen LogP contribution is -2.48. The number of aliphatic carboxylic acids is 1. The molecule has 3 aromatic carbocycles. The van der Waals surface area contributed by atoms with E-state index in [1.54, 1.807) is 24.1 Å². The summed E-state index contributed by atoms with van der Waals surface area (Å²) in [4.78, 5) is 43.5. The fourth-order valence-corrected chi connectivity index (χ4v) is 5.34. The van der Waals surface area contributed by atoms with Crippen molar-refractivity contribution in [2.24, 2.45) is 0 Å². The molecule has 2 aliphatic heterocycles. The largest absolute Gasteiger partial charge is 0.481 e. The number of hydrogen-bond acceptors (Lipinski definition) is 6. The van der Waals surface area contributed by atoms with Crippen LogP contribution in [0.15, 0.2) is 66.7 Å². The highest BCUT2D eigenvalue weighted by molar-refractivity contribution is 6.38. The number of carboxylic acids is 1. The van der Waals surface area contributed by atoms with E-state index in [2.05, 4.69) is 27.5 Å². The maximum absolute atomic E-state index is 13.3. The summed E-state index contributed by atoms with van der Waals surface area (Å²) in [5.41, 5.74) is 5.47. The maximum atomic E-state index is 13.3. The van der Waals surface area contributed by atoms with Crippen molar-refractivity contribution in [3.05, 3.63) is 88.4 Å². The van der Waals surface area contributed by atoms with Crippen LogP contribution in [0.5, 0.6) is 0 Å². The first-order chi connectivity index (χ1) is 20.2. The quantitative estimate of drug-likeness (QED) is 0.317. The molecule has 0 bridgehead atoms. The second-order valence-electron chi connectivity index (χ2n) is 10.7. The van der Waals surface area contributed by atoms with Gasteiger partial charge in [-0.15, -0.1) is 0 Å². The van der Waals surface area contributed by atoms with Crippen molar-refractivity contribution in [3.8, 4) is 0 Å². The van der Waals surface area contributed by atoms with Gasteiger partial charge in [-0.05, 0) is 67.1 Å². The maximum Gasteiger partial charge on any atom is 0.303 e. The van der Waals surface area contributed by atoms with Gasteiger partial charge in [-0.3, -0.25) is 19.3 Å². The Labute approximate surface area is 250 Å². The van der Waals surface area contributed by atoms with Gasteiger partial charge in [0.2, 0.25) is 5.91 Å². The monoisotopic (exact) mass is 587 g/mol. The molecular formula is C32H34ClN5O4. The van der Waals surface area contributed by atoms with E-state index in [9.17, 15) is 14.4 Å². The van der Waals surface area contributed by atoms with Crippen molar-refractivity contribution in [1.29, 1.82) is 0 Å². The molecule has 0 unspecified atom stereocenters. The summed E-state index contributed by atoms with van der Waals surface area (Å²) in [5, 5.41) is 16.0. The molecule has 0 saturated carbocycles. The Balaban J connectivity index is 1.42. The molecule has 5 rings (SSSR count). The molecule has 0 spiro atoms. The molecule has 3 N–H and O–H groups in total. The van der Waals surface area contributed by atoms with Gasteiger partial charge in [-0.2, -0.15) is 0 Å². The summed E-state index contributed by atoms with van der Waals surface area (Å²) in [6.45, 7) is 4.02. The predicted molar refractivity (Wildman–Crippen MR) is 167 cm³/mol. The first-order valence-electron chi connectivity index (χ1n) is 13.9. The SMILES string of the molecule is CN1CCN(CC(=O)N(C)c2ccc(NC(=C3C(=O)Nc4cc(Cl)ccc43)c3cccc(CCC(=O)O)c3)cc2)CC1. The number of halogens is 1. The van der Waals surface area contributed by atoms with Crippen LogP contribution in [0.3, 0.4) is 0 Å². The molecule has 0 atom stereocenters. The third kappa shape index (κ3) is 6.82. The van der Waals surface area contributed by atoms with Crippen LogP contribution in [-0.2, 0) is 20.8 Å². The van der Waals surface area contributed by atoms with E-state index in [0.29, 0.717) is 40.5 Å². The fraction of sp³-hybridized carbons (Fsp3) is 0.281. The Morgan fingerprint density at radius 3 is 2.48 bits per heavy atom. The van der Waals surface area contributed by atoms with E-state index in [-0.39, 0.29) is 18.2 Å². The summed E-state index contributed by atoms with van der Waals surface area (Å²) < 4.78 is 0. The number of carbonyl (C=O) groups is 3. The van der Waals surface area contributed by atoms with E-state index >= 15 is 0 Å². The number of benzene rings is 3. The molecule has 0 radical (unpaired) electrons. The minimum Gasteiger partial charge on any atom is -0.481 e. The van der Waals surface area contributed by atoms with E-state index in [0.717, 1.165) is 48.7 Å². The lowest BCUT2D eigenvalue weighted by molar-refractivity contribution is -0.137. The van der Waals surface area contributed by atoms with Crippen molar-refractivity contribution in [2.75, 3.05) is 62.4 Å². The van der Waals surface area contributed by atoms with E-state index in [4.69, 9.17) is 16.7 Å². The van der Waals surface area contributed by atoms with Crippen LogP contribution in [0.25, 0.3) is 11.3 Å². The van der Waals surface area contributed by atoms with Crippen LogP contribution < -0.4 is 15.5 Å². The highest BCUT2D eigenvalue weighted by Crippen LogP contribution is 2.39. The van der Waals surface area contributed by atoms with Gasteiger partial charge < -0.3 is 25.5 Å². The Morgan fingerprint density at radius 2 is 1.76 bits per heavy atom. The molecule has 9 nitrogen and oxygen atoms in total. The van der Waals surface area contributed by atoms with Crippen LogP contribution in [0.1, 0.15) is 23.1 Å². The topological polar surface area (TPSA) is 105 Å². The minimum absolute atomic E-state index is 0.00706. The summed E-state index contributed by atoms with van der Waals surface area (Å²) in [7, 11) is 3.87. The second kappa shape index (κ2) is 12.8. The summed E-state index contributed by atoms with van der Waals surface area (Å²) >= 11 is 6.19. The van der Waals surface area contributed by atoms with Gasteiger partial charge in [0.1, 0.15) is 0 Å². The zero-order chi connectivity index (χ0) is 29.8. The number of anilines is 3. The molecule has 2 amide bonds. The van der Waals surface area contributed by atoms with Gasteiger partial charge >= 0.3 is 5.97 Å². The van der Waals surface area contributed by atoms with Crippen LogP contribution in [0, 0.1) is 0 Å². The van der Waals surface area contributed by atoms with E-state index < -0.39 is 5.97 Å². The fourth-order valence-electron chi connectivity index (χ4n) is 5.17. The first kappa shape index (κ1) is 29.3. The minimum atomic E-state index is -0.870. The molecule has 0 aromatic heterocycles. The third-order valence-electron chi connectivity index (χ3n) is 7.67.